The number of rotatable bonds is 0. The van der Waals surface area contributed by atoms with Crippen molar-refractivity contribution in [2.45, 2.75) is 6.42 Å². The van der Waals surface area contributed by atoms with Gasteiger partial charge in [0.05, 0.1) is 5.92 Å². The van der Waals surface area contributed by atoms with Crippen LogP contribution in [-0.4, -0.2) is 5.78 Å². The number of Topliss-reactive ketones (excluding diaryl/α,β-unsaturated/α-hetero) is 1. The third kappa shape index (κ3) is 1.39. The topological polar surface area (TPSA) is 26.3 Å². The summed E-state index contributed by atoms with van der Waals surface area (Å²) in [5.74, 6) is 1.46. The number of benzene rings is 1. The summed E-state index contributed by atoms with van der Waals surface area (Å²) in [7, 11) is 0. The number of ether oxygens (including phenoxy) is 1. The maximum atomic E-state index is 11.9. The first-order valence-corrected chi connectivity index (χ1v) is 5.61. The van der Waals surface area contributed by atoms with Crippen molar-refractivity contribution in [1.29, 1.82) is 0 Å². The van der Waals surface area contributed by atoms with E-state index in [1.54, 1.807) is 6.08 Å². The predicted molar refractivity (Wildman–Crippen MR) is 64.4 cm³/mol. The SMILES string of the molecule is O=C1C(S)=CC=C2Oc3ccccc3CC12. The van der Waals surface area contributed by atoms with Gasteiger partial charge in [-0.25, -0.2) is 0 Å². The maximum absolute atomic E-state index is 11.9. The average molecular weight is 230 g/mol. The van der Waals surface area contributed by atoms with E-state index in [4.69, 9.17) is 4.74 Å². The quantitative estimate of drug-likeness (QED) is 0.693. The number of allylic oxidation sites excluding steroid dienone is 4. The molecule has 0 aromatic heterocycles. The Hall–Kier alpha value is -1.48. The molecule has 1 aromatic carbocycles. The Kier molecular flexibility index (Phi) is 2.14. The monoisotopic (exact) mass is 230 g/mol. The number of carbonyl (C=O) groups excluding carboxylic acids is 1. The molecule has 16 heavy (non-hydrogen) atoms. The zero-order valence-corrected chi connectivity index (χ0v) is 9.41. The molecule has 2 aliphatic rings. The van der Waals surface area contributed by atoms with Gasteiger partial charge in [0.2, 0.25) is 0 Å². The molecule has 1 aromatic rings. The fraction of sp³-hybridized carbons (Fsp3) is 0.154. The van der Waals surface area contributed by atoms with Crippen LogP contribution in [0.4, 0.5) is 0 Å². The highest BCUT2D eigenvalue weighted by atomic mass is 32.1. The molecule has 3 rings (SSSR count). The Labute approximate surface area is 99.0 Å². The number of ketones is 1. The van der Waals surface area contributed by atoms with Crippen LogP contribution in [-0.2, 0) is 11.2 Å². The first-order chi connectivity index (χ1) is 7.75. The number of fused-ring (bicyclic) bond motifs is 2. The Morgan fingerprint density at radius 2 is 2.06 bits per heavy atom. The van der Waals surface area contributed by atoms with Crippen LogP contribution in [0.25, 0.3) is 0 Å². The molecule has 1 aliphatic heterocycles. The molecule has 0 radical (unpaired) electrons. The van der Waals surface area contributed by atoms with Gasteiger partial charge in [0, 0.05) is 4.91 Å². The van der Waals surface area contributed by atoms with Crippen LogP contribution in [0.15, 0.2) is 47.1 Å². The lowest BCUT2D eigenvalue weighted by molar-refractivity contribution is -0.118. The molecular formula is C13H10O2S. The molecule has 3 heteroatoms. The summed E-state index contributed by atoms with van der Waals surface area (Å²) < 4.78 is 5.72. The van der Waals surface area contributed by atoms with Crippen LogP contribution in [0.1, 0.15) is 5.56 Å². The summed E-state index contributed by atoms with van der Waals surface area (Å²) in [4.78, 5) is 12.4. The molecule has 0 N–H and O–H groups in total. The van der Waals surface area contributed by atoms with Crippen LogP contribution >= 0.6 is 12.6 Å². The van der Waals surface area contributed by atoms with Crippen molar-refractivity contribution >= 4 is 18.4 Å². The fourth-order valence-electron chi connectivity index (χ4n) is 2.08. The summed E-state index contributed by atoms with van der Waals surface area (Å²) >= 11 is 4.15. The van der Waals surface area contributed by atoms with Crippen molar-refractivity contribution in [1.82, 2.24) is 0 Å². The molecule has 1 atom stereocenters. The Morgan fingerprint density at radius 1 is 1.25 bits per heavy atom. The molecular weight excluding hydrogens is 220 g/mol. The van der Waals surface area contributed by atoms with Crippen molar-refractivity contribution in [3.05, 3.63) is 52.6 Å². The third-order valence-electron chi connectivity index (χ3n) is 2.94. The van der Waals surface area contributed by atoms with Gasteiger partial charge in [-0.15, -0.1) is 12.6 Å². The second-order valence-electron chi connectivity index (χ2n) is 3.95. The van der Waals surface area contributed by atoms with Gasteiger partial charge in [0.15, 0.2) is 5.78 Å². The van der Waals surface area contributed by atoms with Crippen LogP contribution in [0.2, 0.25) is 0 Å². The van der Waals surface area contributed by atoms with Gasteiger partial charge < -0.3 is 4.74 Å². The molecule has 0 amide bonds. The zero-order chi connectivity index (χ0) is 11.1. The predicted octanol–water partition coefficient (Wildman–Crippen LogP) is 2.52. The highest BCUT2D eigenvalue weighted by molar-refractivity contribution is 7.85. The summed E-state index contributed by atoms with van der Waals surface area (Å²) in [5.41, 5.74) is 1.08. The van der Waals surface area contributed by atoms with E-state index in [0.717, 1.165) is 17.1 Å². The van der Waals surface area contributed by atoms with E-state index in [1.807, 2.05) is 30.3 Å². The van der Waals surface area contributed by atoms with Gasteiger partial charge in [-0.1, -0.05) is 18.2 Å². The number of thiol groups is 1. The van der Waals surface area contributed by atoms with Crippen LogP contribution < -0.4 is 4.74 Å². The van der Waals surface area contributed by atoms with Crippen molar-refractivity contribution < 1.29 is 9.53 Å². The second kappa shape index (κ2) is 3.52. The lowest BCUT2D eigenvalue weighted by Crippen LogP contribution is -2.28. The third-order valence-corrected chi connectivity index (χ3v) is 3.31. The molecule has 1 heterocycles. The molecule has 0 bridgehead atoms. The normalized spacial score (nSPS) is 22.6. The van der Waals surface area contributed by atoms with Crippen molar-refractivity contribution in [2.24, 2.45) is 5.92 Å². The lowest BCUT2D eigenvalue weighted by Gasteiger charge is -2.28. The first kappa shape index (κ1) is 9.73. The van der Waals surface area contributed by atoms with Crippen LogP contribution in [0, 0.1) is 5.92 Å². The highest BCUT2D eigenvalue weighted by Gasteiger charge is 2.33. The van der Waals surface area contributed by atoms with Gasteiger partial charge in [-0.2, -0.15) is 0 Å². The van der Waals surface area contributed by atoms with E-state index in [1.165, 1.54) is 0 Å². The van der Waals surface area contributed by atoms with E-state index in [2.05, 4.69) is 12.6 Å². The smallest absolute Gasteiger partial charge is 0.179 e. The fourth-order valence-corrected chi connectivity index (χ4v) is 2.31. The van der Waals surface area contributed by atoms with E-state index < -0.39 is 0 Å². The van der Waals surface area contributed by atoms with Crippen LogP contribution in [0.5, 0.6) is 5.75 Å². The Balaban J connectivity index is 2.06. The van der Waals surface area contributed by atoms with Gasteiger partial charge in [0.25, 0.3) is 0 Å². The zero-order valence-electron chi connectivity index (χ0n) is 8.51. The van der Waals surface area contributed by atoms with E-state index >= 15 is 0 Å². The Bertz CT molecular complexity index is 528. The van der Waals surface area contributed by atoms with Crippen LogP contribution in [0.3, 0.4) is 0 Å². The van der Waals surface area contributed by atoms with Crippen molar-refractivity contribution in [2.75, 3.05) is 0 Å². The minimum absolute atomic E-state index is 0.0512. The second-order valence-corrected chi connectivity index (χ2v) is 4.43. The molecule has 80 valence electrons. The molecule has 1 aliphatic carbocycles. The minimum atomic E-state index is -0.188. The number of hydrogen-bond acceptors (Lipinski definition) is 3. The van der Waals surface area contributed by atoms with Gasteiger partial charge in [-0.3, -0.25) is 4.79 Å². The van der Waals surface area contributed by atoms with Gasteiger partial charge >= 0.3 is 0 Å². The maximum Gasteiger partial charge on any atom is 0.179 e. The number of hydrogen-bond donors (Lipinski definition) is 1. The van der Waals surface area contributed by atoms with E-state index in [0.29, 0.717) is 11.3 Å². The molecule has 1 unspecified atom stereocenters. The largest absolute Gasteiger partial charge is 0.461 e. The molecule has 2 nitrogen and oxygen atoms in total. The summed E-state index contributed by atoms with van der Waals surface area (Å²) in [5, 5.41) is 0. The number of para-hydroxylation sites is 1. The summed E-state index contributed by atoms with van der Waals surface area (Å²) in [6.45, 7) is 0. The number of carbonyl (C=O) groups is 1. The van der Waals surface area contributed by atoms with E-state index in [9.17, 15) is 4.79 Å². The summed E-state index contributed by atoms with van der Waals surface area (Å²) in [6, 6.07) is 7.82. The molecule has 0 saturated carbocycles. The minimum Gasteiger partial charge on any atom is -0.461 e. The van der Waals surface area contributed by atoms with E-state index in [-0.39, 0.29) is 11.7 Å². The van der Waals surface area contributed by atoms with Crippen molar-refractivity contribution in [3.63, 3.8) is 0 Å². The van der Waals surface area contributed by atoms with Gasteiger partial charge in [-0.05, 0) is 30.2 Å². The average Bonchev–Trinajstić information content (AvgIpc) is 2.32. The lowest BCUT2D eigenvalue weighted by atomic mass is 9.88. The molecule has 0 fully saturated rings. The first-order valence-electron chi connectivity index (χ1n) is 5.16. The Morgan fingerprint density at radius 3 is 2.94 bits per heavy atom. The van der Waals surface area contributed by atoms with Gasteiger partial charge in [0.1, 0.15) is 11.5 Å². The molecule has 0 saturated heterocycles. The standard InChI is InChI=1S/C13H10O2S/c14-13-9-7-8-3-1-2-4-10(8)15-11(9)5-6-12(13)16/h1-6,9,16H,7H2. The summed E-state index contributed by atoms with van der Waals surface area (Å²) in [6.07, 6.45) is 4.24. The molecule has 0 spiro atoms. The highest BCUT2D eigenvalue weighted by Crippen LogP contribution is 2.36. The van der Waals surface area contributed by atoms with Crippen molar-refractivity contribution in [3.8, 4) is 5.75 Å².